The molecule has 0 unspecified atom stereocenters. The minimum Gasteiger partial charge on any atom is -0.408 e. The molecule has 0 bridgehead atoms. The fourth-order valence-electron chi connectivity index (χ4n) is 4.09. The van der Waals surface area contributed by atoms with Gasteiger partial charge in [0.1, 0.15) is 0 Å². The van der Waals surface area contributed by atoms with Crippen molar-refractivity contribution in [1.29, 1.82) is 0 Å². The van der Waals surface area contributed by atoms with E-state index in [1.54, 1.807) is 15.5 Å². The Morgan fingerprint density at radius 2 is 1.66 bits per heavy atom. The van der Waals surface area contributed by atoms with E-state index in [0.717, 1.165) is 23.2 Å². The van der Waals surface area contributed by atoms with Crippen LogP contribution < -0.4 is 10.7 Å². The number of fused-ring (bicyclic) bond motifs is 1. The molecule has 35 heavy (non-hydrogen) atoms. The van der Waals surface area contributed by atoms with Crippen LogP contribution in [0.5, 0.6) is 0 Å². The van der Waals surface area contributed by atoms with Gasteiger partial charge < -0.3 is 4.42 Å². The first-order valence-electron chi connectivity index (χ1n) is 11.6. The Morgan fingerprint density at radius 3 is 2.46 bits per heavy atom. The van der Waals surface area contributed by atoms with Gasteiger partial charge in [-0.3, -0.25) is 14.3 Å². The number of oxazole rings is 1. The molecular formula is C28H25N3O3S. The number of para-hydroxylation sites is 2. The van der Waals surface area contributed by atoms with E-state index in [1.165, 1.54) is 16.9 Å². The predicted molar refractivity (Wildman–Crippen MR) is 140 cm³/mol. The van der Waals surface area contributed by atoms with Crippen molar-refractivity contribution in [3.05, 3.63) is 106 Å². The molecule has 176 valence electrons. The van der Waals surface area contributed by atoms with Crippen molar-refractivity contribution in [1.82, 2.24) is 9.55 Å². The van der Waals surface area contributed by atoms with Gasteiger partial charge in [-0.05, 0) is 30.5 Å². The smallest absolute Gasteiger partial charge is 0.408 e. The highest BCUT2D eigenvalue weighted by Crippen LogP contribution is 2.28. The van der Waals surface area contributed by atoms with Gasteiger partial charge >= 0.3 is 5.76 Å². The van der Waals surface area contributed by atoms with Crippen LogP contribution in [0.25, 0.3) is 22.4 Å². The van der Waals surface area contributed by atoms with Gasteiger partial charge in [0, 0.05) is 30.5 Å². The molecule has 0 spiro atoms. The Kier molecular flexibility index (Phi) is 6.86. The summed E-state index contributed by atoms with van der Waals surface area (Å²) in [6, 6.07) is 27.4. The van der Waals surface area contributed by atoms with Gasteiger partial charge in [0.15, 0.2) is 10.7 Å². The van der Waals surface area contributed by atoms with E-state index >= 15 is 0 Å². The molecule has 1 amide bonds. The molecule has 0 fully saturated rings. The average Bonchev–Trinajstić information content (AvgIpc) is 3.50. The molecule has 5 rings (SSSR count). The topological polar surface area (TPSA) is 68.3 Å². The first-order chi connectivity index (χ1) is 17.2. The maximum atomic E-state index is 13.4. The Labute approximate surface area is 207 Å². The molecule has 0 radical (unpaired) electrons. The number of carbonyl (C=O) groups excluding carboxylic acids is 1. The molecule has 0 aliphatic carbocycles. The minimum absolute atomic E-state index is 0.00394. The lowest BCUT2D eigenvalue weighted by Crippen LogP contribution is -2.33. The number of thiazole rings is 1. The maximum Gasteiger partial charge on any atom is 0.419 e. The highest BCUT2D eigenvalue weighted by molar-refractivity contribution is 7.14. The number of carbonyl (C=O) groups is 1. The SMILES string of the molecule is O=C(CCCn1c(=O)oc2ccccc21)N(CCc1ccccc1)c1nc(-c2ccccc2)cs1. The van der Waals surface area contributed by atoms with Gasteiger partial charge in [0.05, 0.1) is 11.2 Å². The number of anilines is 1. The molecule has 2 aromatic heterocycles. The number of hydrogen-bond donors (Lipinski definition) is 0. The summed E-state index contributed by atoms with van der Waals surface area (Å²) in [6.45, 7) is 0.959. The van der Waals surface area contributed by atoms with Crippen LogP contribution in [0.15, 0.2) is 99.5 Å². The first-order valence-corrected chi connectivity index (χ1v) is 12.5. The standard InChI is InChI=1S/C28H25N3O3S/c32-26(16-9-18-30-24-14-7-8-15-25(24)34-28(30)33)31(19-17-21-10-3-1-4-11-21)27-29-23(20-35-27)22-12-5-2-6-13-22/h1-8,10-15,20H,9,16-19H2. The predicted octanol–water partition coefficient (Wildman–Crippen LogP) is 5.77. The number of nitrogens with zero attached hydrogens (tertiary/aromatic N) is 3. The number of aryl methyl sites for hydroxylation is 1. The zero-order chi connectivity index (χ0) is 24.0. The lowest BCUT2D eigenvalue weighted by atomic mass is 10.1. The van der Waals surface area contributed by atoms with E-state index in [0.29, 0.717) is 36.6 Å². The van der Waals surface area contributed by atoms with Crippen LogP contribution in [0.4, 0.5) is 5.13 Å². The van der Waals surface area contributed by atoms with Crippen LogP contribution in [0.3, 0.4) is 0 Å². The average molecular weight is 484 g/mol. The van der Waals surface area contributed by atoms with Gasteiger partial charge in [-0.25, -0.2) is 9.78 Å². The molecule has 0 atom stereocenters. The molecule has 0 saturated carbocycles. The Hall–Kier alpha value is -3.97. The van der Waals surface area contributed by atoms with E-state index in [9.17, 15) is 9.59 Å². The van der Waals surface area contributed by atoms with E-state index < -0.39 is 5.76 Å². The monoisotopic (exact) mass is 483 g/mol. The summed E-state index contributed by atoms with van der Waals surface area (Å²) in [4.78, 5) is 32.2. The Balaban J connectivity index is 1.32. The van der Waals surface area contributed by atoms with Crippen molar-refractivity contribution in [2.24, 2.45) is 0 Å². The highest BCUT2D eigenvalue weighted by Gasteiger charge is 2.20. The molecule has 6 nitrogen and oxygen atoms in total. The fourth-order valence-corrected chi connectivity index (χ4v) is 4.97. The van der Waals surface area contributed by atoms with Crippen LogP contribution in [0.2, 0.25) is 0 Å². The second-order valence-corrected chi connectivity index (χ2v) is 9.09. The minimum atomic E-state index is -0.396. The molecule has 0 aliphatic heterocycles. The summed E-state index contributed by atoms with van der Waals surface area (Å²) in [5, 5.41) is 2.68. The van der Waals surface area contributed by atoms with Crippen molar-refractivity contribution >= 4 is 33.5 Å². The second kappa shape index (κ2) is 10.5. The summed E-state index contributed by atoms with van der Waals surface area (Å²) in [5.41, 5.74) is 4.36. The molecule has 0 saturated heterocycles. The number of amides is 1. The van der Waals surface area contributed by atoms with E-state index in [1.807, 2.05) is 72.1 Å². The summed E-state index contributed by atoms with van der Waals surface area (Å²) < 4.78 is 6.90. The lowest BCUT2D eigenvalue weighted by Gasteiger charge is -2.20. The third kappa shape index (κ3) is 5.25. The molecule has 0 aliphatic rings. The van der Waals surface area contributed by atoms with Crippen LogP contribution in [0.1, 0.15) is 18.4 Å². The van der Waals surface area contributed by atoms with E-state index in [-0.39, 0.29) is 5.91 Å². The van der Waals surface area contributed by atoms with Gasteiger partial charge in [-0.15, -0.1) is 11.3 Å². The number of aromatic nitrogens is 2. The molecule has 0 N–H and O–H groups in total. The van der Waals surface area contributed by atoms with Crippen molar-refractivity contribution in [3.8, 4) is 11.3 Å². The molecular weight excluding hydrogens is 458 g/mol. The number of hydrogen-bond acceptors (Lipinski definition) is 5. The van der Waals surface area contributed by atoms with Crippen molar-refractivity contribution < 1.29 is 9.21 Å². The summed E-state index contributed by atoms with van der Waals surface area (Å²) in [6.07, 6.45) is 1.57. The molecule has 5 aromatic rings. The number of benzene rings is 3. The normalized spacial score (nSPS) is 11.1. The van der Waals surface area contributed by atoms with Gasteiger partial charge in [-0.1, -0.05) is 72.8 Å². The second-order valence-electron chi connectivity index (χ2n) is 8.25. The van der Waals surface area contributed by atoms with Crippen LogP contribution in [-0.2, 0) is 17.8 Å². The molecule has 2 heterocycles. The van der Waals surface area contributed by atoms with Gasteiger partial charge in [-0.2, -0.15) is 0 Å². The molecule has 7 heteroatoms. The fraction of sp³-hybridized carbons (Fsp3) is 0.179. The molecule has 3 aromatic carbocycles. The van der Waals surface area contributed by atoms with Crippen molar-refractivity contribution in [2.45, 2.75) is 25.8 Å². The van der Waals surface area contributed by atoms with E-state index in [2.05, 4.69) is 12.1 Å². The van der Waals surface area contributed by atoms with Crippen molar-refractivity contribution in [3.63, 3.8) is 0 Å². The van der Waals surface area contributed by atoms with Crippen molar-refractivity contribution in [2.75, 3.05) is 11.4 Å². The van der Waals surface area contributed by atoms with Crippen LogP contribution in [-0.4, -0.2) is 22.0 Å². The lowest BCUT2D eigenvalue weighted by molar-refractivity contribution is -0.118. The van der Waals surface area contributed by atoms with Crippen LogP contribution >= 0.6 is 11.3 Å². The third-order valence-corrected chi connectivity index (χ3v) is 6.77. The summed E-state index contributed by atoms with van der Waals surface area (Å²) in [5.74, 6) is -0.400. The first kappa shape index (κ1) is 22.8. The Morgan fingerprint density at radius 1 is 0.943 bits per heavy atom. The summed E-state index contributed by atoms with van der Waals surface area (Å²) in [7, 11) is 0. The van der Waals surface area contributed by atoms with Crippen LogP contribution in [0, 0.1) is 0 Å². The van der Waals surface area contributed by atoms with E-state index in [4.69, 9.17) is 9.40 Å². The third-order valence-electron chi connectivity index (χ3n) is 5.91. The Bertz CT molecular complexity index is 1470. The quantitative estimate of drug-likeness (QED) is 0.267. The number of rotatable bonds is 9. The largest absolute Gasteiger partial charge is 0.419 e. The zero-order valence-corrected chi connectivity index (χ0v) is 20.0. The van der Waals surface area contributed by atoms with Gasteiger partial charge in [0.2, 0.25) is 5.91 Å². The summed E-state index contributed by atoms with van der Waals surface area (Å²) >= 11 is 1.48. The van der Waals surface area contributed by atoms with Gasteiger partial charge in [0.25, 0.3) is 0 Å². The zero-order valence-electron chi connectivity index (χ0n) is 19.2. The highest BCUT2D eigenvalue weighted by atomic mass is 32.1. The maximum absolute atomic E-state index is 13.4.